The highest BCUT2D eigenvalue weighted by molar-refractivity contribution is 5.87. The third-order valence-corrected chi connectivity index (χ3v) is 7.61. The molecule has 0 spiro atoms. The van der Waals surface area contributed by atoms with E-state index in [1.807, 2.05) is 54.6 Å². The number of nitrogens with one attached hydrogen (secondary N) is 2. The highest BCUT2D eigenvalue weighted by Crippen LogP contribution is 2.44. The van der Waals surface area contributed by atoms with Gasteiger partial charge in [-0.15, -0.1) is 0 Å². The average Bonchev–Trinajstić information content (AvgIpc) is 3.60. The lowest BCUT2D eigenvalue weighted by Gasteiger charge is -2.23. The van der Waals surface area contributed by atoms with Gasteiger partial charge in [-0.3, -0.25) is 4.79 Å². The summed E-state index contributed by atoms with van der Waals surface area (Å²) in [4.78, 5) is 37.2. The van der Waals surface area contributed by atoms with Gasteiger partial charge in [-0.05, 0) is 47.6 Å². The molecule has 3 aromatic rings. The van der Waals surface area contributed by atoms with Crippen molar-refractivity contribution in [1.82, 2.24) is 10.6 Å². The lowest BCUT2D eigenvalue weighted by molar-refractivity contribution is -0.148. The summed E-state index contributed by atoms with van der Waals surface area (Å²) in [5, 5.41) is 15.0. The number of rotatable bonds is 11. The Morgan fingerprint density at radius 1 is 0.927 bits per heavy atom. The molecule has 1 aliphatic carbocycles. The van der Waals surface area contributed by atoms with Crippen LogP contribution in [0.2, 0.25) is 0 Å². The van der Waals surface area contributed by atoms with Gasteiger partial charge < -0.3 is 30.0 Å². The second kappa shape index (κ2) is 13.0. The fourth-order valence-electron chi connectivity index (χ4n) is 5.42. The van der Waals surface area contributed by atoms with E-state index >= 15 is 0 Å². The zero-order valence-corrected chi connectivity index (χ0v) is 22.8. The van der Waals surface area contributed by atoms with Gasteiger partial charge in [0, 0.05) is 12.5 Å². The van der Waals surface area contributed by atoms with Crippen molar-refractivity contribution < 1.29 is 33.7 Å². The van der Waals surface area contributed by atoms with Gasteiger partial charge in [0.2, 0.25) is 5.91 Å². The molecule has 2 unspecified atom stereocenters. The van der Waals surface area contributed by atoms with E-state index in [1.54, 1.807) is 6.92 Å². The van der Waals surface area contributed by atoms with E-state index in [1.165, 1.54) is 0 Å². The molecule has 0 saturated carbocycles. The topological polar surface area (TPSA) is 123 Å². The van der Waals surface area contributed by atoms with Crippen molar-refractivity contribution in [3.8, 4) is 11.1 Å². The quantitative estimate of drug-likeness (QED) is 0.322. The van der Waals surface area contributed by atoms with E-state index in [2.05, 4.69) is 34.9 Å². The molecular formula is C32H34N2O7. The number of fused-ring (bicyclic) bond motifs is 3. The summed E-state index contributed by atoms with van der Waals surface area (Å²) in [6, 6.07) is 24.4. The Hall–Kier alpha value is -4.21. The SMILES string of the molecule is C[C@@H](OCc1ccccc1)[C@H](NC(=O)C1CCC(CNC(=O)OCC2c3ccccc3-c3ccccc32)O1)C(=O)O. The van der Waals surface area contributed by atoms with Crippen LogP contribution in [0, 0.1) is 0 Å². The lowest BCUT2D eigenvalue weighted by Crippen LogP contribution is -2.51. The molecule has 1 fully saturated rings. The van der Waals surface area contributed by atoms with E-state index in [0.29, 0.717) is 12.8 Å². The molecule has 0 bridgehead atoms. The van der Waals surface area contributed by atoms with Crippen LogP contribution in [-0.2, 0) is 30.4 Å². The molecule has 5 rings (SSSR count). The summed E-state index contributed by atoms with van der Waals surface area (Å²) in [5.74, 6) is -1.74. The zero-order valence-electron chi connectivity index (χ0n) is 22.8. The standard InChI is InChI=1S/C32H34N2O7/c1-20(39-18-21-9-3-2-4-10-21)29(31(36)37)34-30(35)28-16-15-22(41-28)17-33-32(38)40-19-27-25-13-7-5-11-23(25)24-12-6-8-14-26(24)27/h2-14,20,22,27-29H,15-19H2,1H3,(H,33,38)(H,34,35)(H,36,37)/t20-,22?,28?,29+/m1/s1. The van der Waals surface area contributed by atoms with Crippen LogP contribution in [0.15, 0.2) is 78.9 Å². The van der Waals surface area contributed by atoms with E-state index in [-0.39, 0.29) is 31.8 Å². The van der Waals surface area contributed by atoms with Crippen LogP contribution in [0.4, 0.5) is 4.79 Å². The minimum absolute atomic E-state index is 0.0369. The Morgan fingerprint density at radius 2 is 1.56 bits per heavy atom. The van der Waals surface area contributed by atoms with E-state index in [4.69, 9.17) is 14.2 Å². The Kier molecular flexibility index (Phi) is 8.96. The molecule has 41 heavy (non-hydrogen) atoms. The first-order valence-corrected chi connectivity index (χ1v) is 13.8. The Morgan fingerprint density at radius 3 is 2.22 bits per heavy atom. The van der Waals surface area contributed by atoms with Gasteiger partial charge in [-0.25, -0.2) is 9.59 Å². The normalized spacial score (nSPS) is 19.0. The van der Waals surface area contributed by atoms with Crippen molar-refractivity contribution in [1.29, 1.82) is 0 Å². The molecule has 2 amide bonds. The first-order chi connectivity index (χ1) is 19.9. The Labute approximate surface area is 238 Å². The maximum absolute atomic E-state index is 12.8. The maximum Gasteiger partial charge on any atom is 0.407 e. The summed E-state index contributed by atoms with van der Waals surface area (Å²) in [6.07, 6.45) is -1.56. The van der Waals surface area contributed by atoms with Crippen molar-refractivity contribution in [3.05, 3.63) is 95.6 Å². The number of hydrogen-bond acceptors (Lipinski definition) is 6. The molecule has 0 aromatic heterocycles. The number of benzene rings is 3. The largest absolute Gasteiger partial charge is 0.480 e. The first kappa shape index (κ1) is 28.3. The molecule has 9 heteroatoms. The molecule has 3 N–H and O–H groups in total. The van der Waals surface area contributed by atoms with Crippen LogP contribution in [0.1, 0.15) is 42.4 Å². The van der Waals surface area contributed by atoms with E-state index in [0.717, 1.165) is 27.8 Å². The van der Waals surface area contributed by atoms with E-state index < -0.39 is 36.2 Å². The number of aliphatic carboxylic acids is 1. The summed E-state index contributed by atoms with van der Waals surface area (Å²) < 4.78 is 17.1. The molecule has 1 aliphatic heterocycles. The van der Waals surface area contributed by atoms with Crippen LogP contribution in [0.25, 0.3) is 11.1 Å². The fourth-order valence-corrected chi connectivity index (χ4v) is 5.42. The number of ether oxygens (including phenoxy) is 3. The molecule has 1 saturated heterocycles. The molecule has 3 aromatic carbocycles. The van der Waals surface area contributed by atoms with Crippen LogP contribution < -0.4 is 10.6 Å². The number of carbonyl (C=O) groups is 3. The summed E-state index contributed by atoms with van der Waals surface area (Å²) in [6.45, 7) is 2.22. The van der Waals surface area contributed by atoms with Crippen LogP contribution >= 0.6 is 0 Å². The van der Waals surface area contributed by atoms with Crippen molar-refractivity contribution >= 4 is 18.0 Å². The predicted octanol–water partition coefficient (Wildman–Crippen LogP) is 4.25. The van der Waals surface area contributed by atoms with Gasteiger partial charge in [-0.1, -0.05) is 78.9 Å². The van der Waals surface area contributed by atoms with E-state index in [9.17, 15) is 19.5 Å². The third-order valence-electron chi connectivity index (χ3n) is 7.61. The Balaban J connectivity index is 1.06. The van der Waals surface area contributed by atoms with Crippen LogP contribution in [0.5, 0.6) is 0 Å². The van der Waals surface area contributed by atoms with Crippen molar-refractivity contribution in [3.63, 3.8) is 0 Å². The molecule has 2 aliphatic rings. The summed E-state index contributed by atoms with van der Waals surface area (Å²) in [5.41, 5.74) is 5.48. The molecule has 1 heterocycles. The number of amides is 2. The highest BCUT2D eigenvalue weighted by Gasteiger charge is 2.35. The Bertz CT molecular complexity index is 1330. The van der Waals surface area contributed by atoms with Gasteiger partial charge in [-0.2, -0.15) is 0 Å². The number of carboxylic acid groups (broad SMARTS) is 1. The van der Waals surface area contributed by atoms with Crippen LogP contribution in [0.3, 0.4) is 0 Å². The molecular weight excluding hydrogens is 524 g/mol. The number of carbonyl (C=O) groups excluding carboxylic acids is 2. The fraction of sp³-hybridized carbons (Fsp3) is 0.344. The molecule has 4 atom stereocenters. The van der Waals surface area contributed by atoms with Crippen molar-refractivity contribution in [2.45, 2.75) is 56.6 Å². The van der Waals surface area contributed by atoms with Crippen molar-refractivity contribution in [2.24, 2.45) is 0 Å². The number of alkyl carbamates (subject to hydrolysis) is 1. The van der Waals surface area contributed by atoms with Gasteiger partial charge >= 0.3 is 12.1 Å². The zero-order chi connectivity index (χ0) is 28.8. The second-order valence-electron chi connectivity index (χ2n) is 10.4. The molecule has 214 valence electrons. The first-order valence-electron chi connectivity index (χ1n) is 13.8. The smallest absolute Gasteiger partial charge is 0.407 e. The second-order valence-corrected chi connectivity index (χ2v) is 10.4. The van der Waals surface area contributed by atoms with Crippen molar-refractivity contribution in [2.75, 3.05) is 13.2 Å². The summed E-state index contributed by atoms with van der Waals surface area (Å²) >= 11 is 0. The minimum atomic E-state index is -1.23. The third kappa shape index (κ3) is 6.75. The number of carboxylic acids is 1. The van der Waals surface area contributed by atoms with Crippen LogP contribution in [-0.4, -0.2) is 60.6 Å². The van der Waals surface area contributed by atoms with Gasteiger partial charge in [0.05, 0.1) is 18.8 Å². The highest BCUT2D eigenvalue weighted by atomic mass is 16.6. The number of hydrogen-bond donors (Lipinski definition) is 3. The minimum Gasteiger partial charge on any atom is -0.480 e. The predicted molar refractivity (Wildman–Crippen MR) is 151 cm³/mol. The lowest BCUT2D eigenvalue weighted by atomic mass is 9.98. The maximum atomic E-state index is 12.8. The average molecular weight is 559 g/mol. The monoisotopic (exact) mass is 558 g/mol. The van der Waals surface area contributed by atoms with Gasteiger partial charge in [0.1, 0.15) is 12.7 Å². The van der Waals surface area contributed by atoms with Gasteiger partial charge in [0.25, 0.3) is 0 Å². The summed E-state index contributed by atoms with van der Waals surface area (Å²) in [7, 11) is 0. The van der Waals surface area contributed by atoms with Gasteiger partial charge in [0.15, 0.2) is 6.04 Å². The molecule has 0 radical (unpaired) electrons. The molecule has 9 nitrogen and oxygen atoms in total.